The molecule has 1 aromatic heterocycles. The van der Waals surface area contributed by atoms with Crippen LogP contribution in [-0.4, -0.2) is 14.8 Å². The van der Waals surface area contributed by atoms with Crippen molar-refractivity contribution in [3.05, 3.63) is 47.0 Å². The number of nitrogens with one attached hydrogen (secondary N) is 1. The van der Waals surface area contributed by atoms with E-state index in [0.717, 1.165) is 5.82 Å². The molecule has 19 heavy (non-hydrogen) atoms. The standard InChI is InChI=1S/C15H20N4/c1-11(16-9-15-17-10-19(2)18-15)13-7-6-12-4-3-5-14(12)8-13/h6-8,10-11,16H,3-5,9H2,1-2H3. The van der Waals surface area contributed by atoms with E-state index in [2.05, 4.69) is 40.5 Å². The van der Waals surface area contributed by atoms with E-state index in [-0.39, 0.29) is 0 Å². The van der Waals surface area contributed by atoms with Crippen molar-refractivity contribution >= 4 is 0 Å². The minimum atomic E-state index is 0.328. The molecule has 1 unspecified atom stereocenters. The van der Waals surface area contributed by atoms with Gasteiger partial charge in [-0.2, -0.15) is 5.10 Å². The third-order valence-corrected chi connectivity index (χ3v) is 3.84. The quantitative estimate of drug-likeness (QED) is 0.911. The Morgan fingerprint density at radius 2 is 2.16 bits per heavy atom. The van der Waals surface area contributed by atoms with Gasteiger partial charge in [-0.15, -0.1) is 0 Å². The first-order valence-corrected chi connectivity index (χ1v) is 6.92. The molecule has 1 aromatic carbocycles. The minimum Gasteiger partial charge on any atom is -0.303 e. The van der Waals surface area contributed by atoms with E-state index in [0.29, 0.717) is 12.6 Å². The molecule has 3 rings (SSSR count). The summed E-state index contributed by atoms with van der Waals surface area (Å²) in [6, 6.07) is 7.21. The van der Waals surface area contributed by atoms with Gasteiger partial charge in [0.15, 0.2) is 5.82 Å². The number of rotatable bonds is 4. The van der Waals surface area contributed by atoms with E-state index in [1.165, 1.54) is 36.0 Å². The van der Waals surface area contributed by atoms with E-state index < -0.39 is 0 Å². The molecule has 0 amide bonds. The Bertz CT molecular complexity index is 573. The number of fused-ring (bicyclic) bond motifs is 1. The predicted octanol–water partition coefficient (Wildman–Crippen LogP) is 2.15. The Balaban J connectivity index is 1.65. The van der Waals surface area contributed by atoms with Gasteiger partial charge in [0.2, 0.25) is 0 Å². The lowest BCUT2D eigenvalue weighted by Gasteiger charge is -2.14. The number of benzene rings is 1. The van der Waals surface area contributed by atoms with Crippen LogP contribution < -0.4 is 5.32 Å². The summed E-state index contributed by atoms with van der Waals surface area (Å²) in [4.78, 5) is 4.23. The van der Waals surface area contributed by atoms with Crippen molar-refractivity contribution in [1.82, 2.24) is 20.1 Å². The molecule has 0 aliphatic heterocycles. The van der Waals surface area contributed by atoms with Gasteiger partial charge >= 0.3 is 0 Å². The Morgan fingerprint density at radius 3 is 2.95 bits per heavy atom. The largest absolute Gasteiger partial charge is 0.303 e. The van der Waals surface area contributed by atoms with E-state index in [9.17, 15) is 0 Å². The number of hydrogen-bond donors (Lipinski definition) is 1. The summed E-state index contributed by atoms with van der Waals surface area (Å²) in [5.74, 6) is 0.843. The molecular weight excluding hydrogens is 236 g/mol. The highest BCUT2D eigenvalue weighted by molar-refractivity contribution is 5.36. The Hall–Kier alpha value is -1.68. The Labute approximate surface area is 113 Å². The zero-order valence-corrected chi connectivity index (χ0v) is 11.6. The first kappa shape index (κ1) is 12.4. The average molecular weight is 256 g/mol. The van der Waals surface area contributed by atoms with Crippen LogP contribution in [0.2, 0.25) is 0 Å². The summed E-state index contributed by atoms with van der Waals surface area (Å²) >= 11 is 0. The highest BCUT2D eigenvalue weighted by atomic mass is 15.3. The summed E-state index contributed by atoms with van der Waals surface area (Å²) in [7, 11) is 1.89. The van der Waals surface area contributed by atoms with E-state index >= 15 is 0 Å². The van der Waals surface area contributed by atoms with Crippen LogP contribution in [0.3, 0.4) is 0 Å². The molecule has 1 N–H and O–H groups in total. The van der Waals surface area contributed by atoms with Crippen LogP contribution in [-0.2, 0) is 26.4 Å². The van der Waals surface area contributed by atoms with Crippen molar-refractivity contribution in [2.75, 3.05) is 0 Å². The lowest BCUT2D eigenvalue weighted by molar-refractivity contribution is 0.556. The van der Waals surface area contributed by atoms with Crippen molar-refractivity contribution in [3.63, 3.8) is 0 Å². The van der Waals surface area contributed by atoms with Crippen molar-refractivity contribution in [2.24, 2.45) is 7.05 Å². The monoisotopic (exact) mass is 256 g/mol. The fraction of sp³-hybridized carbons (Fsp3) is 0.467. The Kier molecular flexibility index (Phi) is 3.34. The summed E-state index contributed by atoms with van der Waals surface area (Å²) in [6.45, 7) is 2.90. The van der Waals surface area contributed by atoms with Crippen LogP contribution in [0.4, 0.5) is 0 Å². The van der Waals surface area contributed by atoms with Gasteiger partial charge in [0.1, 0.15) is 6.33 Å². The van der Waals surface area contributed by atoms with Gasteiger partial charge in [-0.3, -0.25) is 4.68 Å². The molecule has 100 valence electrons. The van der Waals surface area contributed by atoms with Gasteiger partial charge in [0.05, 0.1) is 6.54 Å². The highest BCUT2D eigenvalue weighted by Gasteiger charge is 2.13. The summed E-state index contributed by atoms with van der Waals surface area (Å²) in [5, 5.41) is 7.76. The predicted molar refractivity (Wildman–Crippen MR) is 74.7 cm³/mol. The first-order valence-electron chi connectivity index (χ1n) is 6.92. The molecule has 1 heterocycles. The smallest absolute Gasteiger partial charge is 0.164 e. The molecular formula is C15H20N4. The van der Waals surface area contributed by atoms with Crippen LogP contribution in [0.1, 0.15) is 41.9 Å². The normalized spacial score (nSPS) is 15.5. The van der Waals surface area contributed by atoms with Crippen LogP contribution in [0.5, 0.6) is 0 Å². The van der Waals surface area contributed by atoms with Gasteiger partial charge in [0, 0.05) is 13.1 Å². The highest BCUT2D eigenvalue weighted by Crippen LogP contribution is 2.25. The molecule has 1 aliphatic rings. The van der Waals surface area contributed by atoms with Gasteiger partial charge in [-0.05, 0) is 42.9 Å². The lowest BCUT2D eigenvalue weighted by atomic mass is 10.0. The third-order valence-electron chi connectivity index (χ3n) is 3.84. The molecule has 0 radical (unpaired) electrons. The molecule has 4 heteroatoms. The first-order chi connectivity index (χ1) is 9.22. The molecule has 0 fully saturated rings. The van der Waals surface area contributed by atoms with Gasteiger partial charge in [0.25, 0.3) is 0 Å². The molecule has 4 nitrogen and oxygen atoms in total. The third kappa shape index (κ3) is 2.68. The van der Waals surface area contributed by atoms with Crippen molar-refractivity contribution < 1.29 is 0 Å². The zero-order chi connectivity index (χ0) is 13.2. The topological polar surface area (TPSA) is 42.7 Å². The molecule has 0 saturated heterocycles. The maximum absolute atomic E-state index is 4.28. The number of aryl methyl sites for hydroxylation is 3. The molecule has 1 atom stereocenters. The van der Waals surface area contributed by atoms with Crippen molar-refractivity contribution in [1.29, 1.82) is 0 Å². The van der Waals surface area contributed by atoms with Gasteiger partial charge in [-0.1, -0.05) is 18.2 Å². The minimum absolute atomic E-state index is 0.328. The molecule has 1 aliphatic carbocycles. The van der Waals surface area contributed by atoms with E-state index in [1.54, 1.807) is 11.0 Å². The second-order valence-electron chi connectivity index (χ2n) is 5.32. The van der Waals surface area contributed by atoms with Crippen molar-refractivity contribution in [2.45, 2.75) is 38.8 Å². The lowest BCUT2D eigenvalue weighted by Crippen LogP contribution is -2.19. The summed E-state index contributed by atoms with van der Waals surface area (Å²) in [5.41, 5.74) is 4.42. The maximum atomic E-state index is 4.28. The van der Waals surface area contributed by atoms with Gasteiger partial charge < -0.3 is 5.32 Å². The second-order valence-corrected chi connectivity index (χ2v) is 5.32. The second kappa shape index (κ2) is 5.13. The molecule has 2 aromatic rings. The number of nitrogens with zero attached hydrogens (tertiary/aromatic N) is 3. The van der Waals surface area contributed by atoms with Crippen LogP contribution in [0.25, 0.3) is 0 Å². The van der Waals surface area contributed by atoms with Gasteiger partial charge in [-0.25, -0.2) is 4.98 Å². The Morgan fingerprint density at radius 1 is 1.32 bits per heavy atom. The average Bonchev–Trinajstić information content (AvgIpc) is 3.03. The summed E-state index contributed by atoms with van der Waals surface area (Å²) < 4.78 is 1.73. The van der Waals surface area contributed by atoms with Crippen molar-refractivity contribution in [3.8, 4) is 0 Å². The fourth-order valence-corrected chi connectivity index (χ4v) is 2.69. The molecule has 0 bridgehead atoms. The SMILES string of the molecule is CC(NCc1ncn(C)n1)c1ccc2c(c1)CCC2. The fourth-order valence-electron chi connectivity index (χ4n) is 2.69. The van der Waals surface area contributed by atoms with Crippen LogP contribution in [0, 0.1) is 0 Å². The molecule has 0 spiro atoms. The number of aromatic nitrogens is 3. The van der Waals surface area contributed by atoms with E-state index in [4.69, 9.17) is 0 Å². The van der Waals surface area contributed by atoms with E-state index in [1.807, 2.05) is 7.05 Å². The summed E-state index contributed by atoms with van der Waals surface area (Å²) in [6.07, 6.45) is 5.52. The molecule has 0 saturated carbocycles. The van der Waals surface area contributed by atoms with Crippen LogP contribution in [0.15, 0.2) is 24.5 Å². The zero-order valence-electron chi connectivity index (χ0n) is 11.6. The maximum Gasteiger partial charge on any atom is 0.164 e. The number of hydrogen-bond acceptors (Lipinski definition) is 3. The van der Waals surface area contributed by atoms with Crippen LogP contribution >= 0.6 is 0 Å².